The fraction of sp³-hybridized carbons (Fsp3) is 0.379. The summed E-state index contributed by atoms with van der Waals surface area (Å²) in [7, 11) is -3.30. The molecule has 3 aromatic rings. The Morgan fingerprint density at radius 2 is 1.55 bits per heavy atom. The van der Waals surface area contributed by atoms with Crippen LogP contribution in [-0.4, -0.2) is 61.8 Å². The molecule has 42 heavy (non-hydrogen) atoms. The van der Waals surface area contributed by atoms with Gasteiger partial charge in [0.05, 0.1) is 6.26 Å². The molecule has 2 aliphatic heterocycles. The van der Waals surface area contributed by atoms with Crippen molar-refractivity contribution in [1.82, 2.24) is 14.9 Å². The van der Waals surface area contributed by atoms with E-state index in [0.29, 0.717) is 23.4 Å². The van der Waals surface area contributed by atoms with Gasteiger partial charge in [-0.25, -0.2) is 13.4 Å². The number of benzene rings is 2. The Labute approximate surface area is 267 Å². The molecule has 0 amide bonds. The Balaban J connectivity index is 0.00000205. The van der Waals surface area contributed by atoms with Gasteiger partial charge < -0.3 is 15.0 Å². The van der Waals surface area contributed by atoms with E-state index in [4.69, 9.17) is 9.72 Å². The van der Waals surface area contributed by atoms with Gasteiger partial charge in [-0.3, -0.25) is 9.62 Å². The van der Waals surface area contributed by atoms with Crippen LogP contribution in [0.5, 0.6) is 11.5 Å². The highest BCUT2D eigenvalue weighted by Crippen LogP contribution is 2.25. The minimum absolute atomic E-state index is 0. The minimum atomic E-state index is -3.30. The predicted molar refractivity (Wildman–Crippen MR) is 178 cm³/mol. The monoisotopic (exact) mass is 656 g/mol. The van der Waals surface area contributed by atoms with Crippen LogP contribution in [-0.2, 0) is 16.6 Å². The number of hydrogen-bond donors (Lipinski definition) is 2. The number of piperidine rings is 1. The van der Waals surface area contributed by atoms with E-state index in [1.807, 2.05) is 24.4 Å². The third kappa shape index (κ3) is 10.8. The zero-order valence-corrected chi connectivity index (χ0v) is 26.8. The molecule has 0 radical (unpaired) electrons. The topological polar surface area (TPSA) is 99.7 Å². The van der Waals surface area contributed by atoms with Crippen molar-refractivity contribution in [3.05, 3.63) is 78.5 Å². The molecule has 2 aromatic carbocycles. The average Bonchev–Trinajstić information content (AvgIpc) is 3.20. The number of sulfonamides is 1. The van der Waals surface area contributed by atoms with Gasteiger partial charge in [0.1, 0.15) is 17.3 Å². The molecule has 1 fully saturated rings. The van der Waals surface area contributed by atoms with Crippen molar-refractivity contribution >= 4 is 64.7 Å². The van der Waals surface area contributed by atoms with Gasteiger partial charge in [-0.2, -0.15) is 4.98 Å². The van der Waals surface area contributed by atoms with Crippen LogP contribution >= 0.6 is 37.2 Å². The molecule has 0 bridgehead atoms. The number of nitrogens with zero attached hydrogens (tertiary/aromatic N) is 4. The molecule has 2 N–H and O–H groups in total. The molecule has 9 nitrogen and oxygen atoms in total. The van der Waals surface area contributed by atoms with E-state index in [-0.39, 0.29) is 37.2 Å². The maximum Gasteiger partial charge on any atom is 0.229 e. The molecule has 1 unspecified atom stereocenters. The quantitative estimate of drug-likeness (QED) is 0.265. The first kappa shape index (κ1) is 35.4. The van der Waals surface area contributed by atoms with Crippen molar-refractivity contribution in [3.63, 3.8) is 0 Å². The summed E-state index contributed by atoms with van der Waals surface area (Å²) in [6.45, 7) is 4.84. The summed E-state index contributed by atoms with van der Waals surface area (Å²) in [5.74, 6) is 3.08. The van der Waals surface area contributed by atoms with E-state index < -0.39 is 10.0 Å². The molecule has 5 rings (SSSR count). The molecular weight excluding hydrogens is 619 g/mol. The maximum absolute atomic E-state index is 11.4. The second-order valence-electron chi connectivity index (χ2n) is 10.1. The van der Waals surface area contributed by atoms with Crippen molar-refractivity contribution in [2.24, 2.45) is 0 Å². The molecule has 0 spiro atoms. The van der Waals surface area contributed by atoms with E-state index in [0.717, 1.165) is 76.2 Å². The van der Waals surface area contributed by atoms with E-state index in [1.165, 1.54) is 5.56 Å². The molecule has 3 heterocycles. The van der Waals surface area contributed by atoms with Crippen LogP contribution < -0.4 is 19.7 Å². The van der Waals surface area contributed by atoms with Gasteiger partial charge in [0.2, 0.25) is 16.0 Å². The van der Waals surface area contributed by atoms with Crippen LogP contribution in [0.15, 0.2) is 72.9 Å². The number of anilines is 3. The summed E-state index contributed by atoms with van der Waals surface area (Å²) in [5.41, 5.74) is 1.73. The van der Waals surface area contributed by atoms with Gasteiger partial charge in [-0.1, -0.05) is 24.3 Å². The molecule has 2 aliphatic rings. The lowest BCUT2D eigenvalue weighted by molar-refractivity contribution is 0.208. The standard InChI is InChI=1S/C29H36N6O3S.3ClH/c1-39(36,37)33-24-10-14-27(15-11-24)38-26-12-8-23(9-13-26)21-34-18-6-7-25(22-34)31-29-30-17-16-28(32-29)35-19-4-2-3-5-20-35;;;/h2-3,8-17,25,33H,4-7,18-22H2,1H3,(H,30,31,32);3*1H. The number of nitrogens with one attached hydrogen (secondary N) is 2. The van der Waals surface area contributed by atoms with Gasteiger partial charge in [-0.05, 0) is 80.3 Å². The average molecular weight is 658 g/mol. The minimum Gasteiger partial charge on any atom is -0.457 e. The highest BCUT2D eigenvalue weighted by Gasteiger charge is 2.21. The van der Waals surface area contributed by atoms with Crippen molar-refractivity contribution in [1.29, 1.82) is 0 Å². The lowest BCUT2D eigenvalue weighted by Crippen LogP contribution is -2.42. The zero-order chi connectivity index (χ0) is 27.1. The van der Waals surface area contributed by atoms with Gasteiger partial charge in [0.15, 0.2) is 0 Å². The third-order valence-corrected chi connectivity index (χ3v) is 7.43. The number of hydrogen-bond acceptors (Lipinski definition) is 8. The molecule has 1 aromatic heterocycles. The van der Waals surface area contributed by atoms with Crippen molar-refractivity contribution in [2.75, 3.05) is 47.4 Å². The van der Waals surface area contributed by atoms with Crippen LogP contribution in [0.4, 0.5) is 17.5 Å². The fourth-order valence-electron chi connectivity index (χ4n) is 4.99. The normalized spacial score (nSPS) is 17.1. The number of ether oxygens (including phenoxy) is 1. The number of aromatic nitrogens is 2. The summed E-state index contributed by atoms with van der Waals surface area (Å²) in [5, 5.41) is 3.58. The smallest absolute Gasteiger partial charge is 0.229 e. The predicted octanol–water partition coefficient (Wildman–Crippen LogP) is 6.14. The van der Waals surface area contributed by atoms with Crippen molar-refractivity contribution in [2.45, 2.75) is 38.3 Å². The Hall–Kier alpha value is -2.76. The van der Waals surface area contributed by atoms with Gasteiger partial charge in [0.25, 0.3) is 0 Å². The Kier molecular flexibility index (Phi) is 14.1. The van der Waals surface area contributed by atoms with Crippen LogP contribution in [0.1, 0.15) is 31.2 Å². The lowest BCUT2D eigenvalue weighted by atomic mass is 10.0. The van der Waals surface area contributed by atoms with E-state index in [1.54, 1.807) is 24.3 Å². The second kappa shape index (κ2) is 16.8. The summed E-state index contributed by atoms with van der Waals surface area (Å²) < 4.78 is 31.1. The molecule has 230 valence electrons. The van der Waals surface area contributed by atoms with Crippen LogP contribution in [0.25, 0.3) is 0 Å². The molecule has 0 saturated carbocycles. The Morgan fingerprint density at radius 3 is 2.19 bits per heavy atom. The SMILES string of the molecule is CS(=O)(=O)Nc1ccc(Oc2ccc(CN3CCCC(Nc4nccc(N5CCC=CCC5)n4)C3)cc2)cc1.Cl.Cl.Cl. The van der Waals surface area contributed by atoms with Crippen molar-refractivity contribution in [3.8, 4) is 11.5 Å². The van der Waals surface area contributed by atoms with Crippen LogP contribution in [0.2, 0.25) is 0 Å². The first-order chi connectivity index (χ1) is 18.9. The summed E-state index contributed by atoms with van der Waals surface area (Å²) in [6, 6.07) is 17.3. The number of rotatable bonds is 9. The number of likely N-dealkylation sites (tertiary alicyclic amines) is 1. The molecule has 13 heteroatoms. The third-order valence-electron chi connectivity index (χ3n) is 6.82. The first-order valence-electron chi connectivity index (χ1n) is 13.5. The zero-order valence-electron chi connectivity index (χ0n) is 23.5. The van der Waals surface area contributed by atoms with E-state index in [2.05, 4.69) is 49.1 Å². The molecule has 0 aliphatic carbocycles. The molecule has 1 saturated heterocycles. The maximum atomic E-state index is 11.4. The summed E-state index contributed by atoms with van der Waals surface area (Å²) in [4.78, 5) is 14.1. The van der Waals surface area contributed by atoms with Gasteiger partial charge >= 0.3 is 0 Å². The molecular formula is C29H39Cl3N6O3S. The first-order valence-corrected chi connectivity index (χ1v) is 15.4. The van der Waals surface area contributed by atoms with E-state index in [9.17, 15) is 8.42 Å². The highest BCUT2D eigenvalue weighted by atomic mass is 35.5. The Morgan fingerprint density at radius 1 is 0.905 bits per heavy atom. The van der Waals surface area contributed by atoms with Crippen molar-refractivity contribution < 1.29 is 13.2 Å². The van der Waals surface area contributed by atoms with Crippen LogP contribution in [0, 0.1) is 0 Å². The van der Waals surface area contributed by atoms with Crippen LogP contribution in [0.3, 0.4) is 0 Å². The van der Waals surface area contributed by atoms with Gasteiger partial charge in [0, 0.05) is 44.1 Å². The Bertz CT molecular complexity index is 1370. The molecule has 1 atom stereocenters. The number of halogens is 3. The second-order valence-corrected chi connectivity index (χ2v) is 11.9. The summed E-state index contributed by atoms with van der Waals surface area (Å²) in [6.07, 6.45) is 11.8. The summed E-state index contributed by atoms with van der Waals surface area (Å²) >= 11 is 0. The highest BCUT2D eigenvalue weighted by molar-refractivity contribution is 7.92. The lowest BCUT2D eigenvalue weighted by Gasteiger charge is -2.33. The van der Waals surface area contributed by atoms with Gasteiger partial charge in [-0.15, -0.1) is 37.2 Å². The fourth-order valence-corrected chi connectivity index (χ4v) is 5.56. The van der Waals surface area contributed by atoms with E-state index >= 15 is 0 Å². The largest absolute Gasteiger partial charge is 0.457 e.